The smallest absolute Gasteiger partial charge is 0.331 e. The van der Waals surface area contributed by atoms with Crippen LogP contribution < -0.4 is 0 Å². The van der Waals surface area contributed by atoms with Gasteiger partial charge in [-0.05, 0) is 19.1 Å². The number of carbonyl (C=O) groups excluding carboxylic acids is 1. The maximum Gasteiger partial charge on any atom is 0.331 e. The van der Waals surface area contributed by atoms with E-state index in [1.165, 1.54) is 0 Å². The molecule has 0 saturated heterocycles. The van der Waals surface area contributed by atoms with Crippen molar-refractivity contribution in [1.82, 2.24) is 0 Å². The maximum absolute atomic E-state index is 11.0. The first-order valence-corrected chi connectivity index (χ1v) is 3.63. The minimum atomic E-state index is -0.255. The van der Waals surface area contributed by atoms with Crippen LogP contribution >= 0.6 is 0 Å². The molecule has 0 aliphatic carbocycles. The Kier molecular flexibility index (Phi) is 2.83. The number of aliphatic imine (C=N–C) groups is 1. The zero-order valence-electron chi connectivity index (χ0n) is 6.32. The van der Waals surface area contributed by atoms with Crippen molar-refractivity contribution in [1.29, 1.82) is 0 Å². The summed E-state index contributed by atoms with van der Waals surface area (Å²) in [6, 6.07) is -0.255. The van der Waals surface area contributed by atoms with Crippen molar-refractivity contribution in [2.75, 3.05) is 6.61 Å². The Morgan fingerprint density at radius 1 is 1.91 bits per heavy atom. The van der Waals surface area contributed by atoms with Gasteiger partial charge >= 0.3 is 5.97 Å². The minimum Gasteiger partial charge on any atom is -0.460 e. The average Bonchev–Trinajstić information content (AvgIpc) is 2.52. The molecule has 0 fully saturated rings. The van der Waals surface area contributed by atoms with E-state index in [1.54, 1.807) is 12.3 Å². The first kappa shape index (κ1) is 7.98. The number of carbonyl (C=O) groups is 1. The van der Waals surface area contributed by atoms with Crippen molar-refractivity contribution in [2.45, 2.75) is 18.9 Å². The van der Waals surface area contributed by atoms with Crippen molar-refractivity contribution in [3.8, 4) is 0 Å². The fourth-order valence-electron chi connectivity index (χ4n) is 0.925. The molecule has 1 heterocycles. The third-order valence-corrected chi connectivity index (χ3v) is 1.47. The Morgan fingerprint density at radius 2 is 2.73 bits per heavy atom. The molecule has 3 heteroatoms. The van der Waals surface area contributed by atoms with E-state index in [0.717, 1.165) is 12.8 Å². The standard InChI is InChI=1S/C8H11NO2/c1-2-6-11-8(10)7-4-3-5-9-7/h2,5,7H,1,3-4,6H2. The molecule has 0 N–H and O–H groups in total. The monoisotopic (exact) mass is 153 g/mol. The van der Waals surface area contributed by atoms with Gasteiger partial charge in [0.1, 0.15) is 12.6 Å². The number of rotatable bonds is 3. The van der Waals surface area contributed by atoms with Gasteiger partial charge in [0.2, 0.25) is 0 Å². The fourth-order valence-corrected chi connectivity index (χ4v) is 0.925. The summed E-state index contributed by atoms with van der Waals surface area (Å²) in [5.41, 5.74) is 0. The number of ether oxygens (including phenoxy) is 1. The van der Waals surface area contributed by atoms with Crippen LogP contribution in [0.4, 0.5) is 0 Å². The zero-order chi connectivity index (χ0) is 8.10. The highest BCUT2D eigenvalue weighted by Crippen LogP contribution is 2.09. The van der Waals surface area contributed by atoms with Crippen LogP contribution in [0.2, 0.25) is 0 Å². The molecule has 0 bridgehead atoms. The van der Waals surface area contributed by atoms with Crippen molar-refractivity contribution < 1.29 is 9.53 Å². The zero-order valence-corrected chi connectivity index (χ0v) is 6.32. The number of hydrogen-bond donors (Lipinski definition) is 0. The van der Waals surface area contributed by atoms with Crippen molar-refractivity contribution in [2.24, 2.45) is 4.99 Å². The highest BCUT2D eigenvalue weighted by atomic mass is 16.5. The van der Waals surface area contributed by atoms with E-state index < -0.39 is 0 Å². The lowest BCUT2D eigenvalue weighted by atomic mass is 10.2. The molecule has 0 aromatic heterocycles. The topological polar surface area (TPSA) is 38.7 Å². The van der Waals surface area contributed by atoms with Crippen molar-refractivity contribution in [3.05, 3.63) is 12.7 Å². The quantitative estimate of drug-likeness (QED) is 0.447. The second-order valence-electron chi connectivity index (χ2n) is 2.34. The Bertz CT molecular complexity index is 187. The van der Waals surface area contributed by atoms with Crippen LogP contribution in [0.5, 0.6) is 0 Å². The maximum atomic E-state index is 11.0. The van der Waals surface area contributed by atoms with Crippen LogP contribution in [0.3, 0.4) is 0 Å². The predicted molar refractivity (Wildman–Crippen MR) is 42.7 cm³/mol. The summed E-state index contributed by atoms with van der Waals surface area (Å²) in [5.74, 6) is -0.237. The molecule has 1 aliphatic heterocycles. The van der Waals surface area contributed by atoms with Gasteiger partial charge in [-0.1, -0.05) is 12.7 Å². The van der Waals surface area contributed by atoms with Crippen LogP contribution in [0.1, 0.15) is 12.8 Å². The summed E-state index contributed by atoms with van der Waals surface area (Å²) in [5, 5.41) is 0. The van der Waals surface area contributed by atoms with E-state index in [2.05, 4.69) is 11.6 Å². The number of esters is 1. The van der Waals surface area contributed by atoms with Gasteiger partial charge in [-0.2, -0.15) is 0 Å². The average molecular weight is 153 g/mol. The molecule has 1 unspecified atom stereocenters. The van der Waals surface area contributed by atoms with Crippen LogP contribution in [0, 0.1) is 0 Å². The summed E-state index contributed by atoms with van der Waals surface area (Å²) in [7, 11) is 0. The molecular formula is C8H11NO2. The molecule has 1 atom stereocenters. The van der Waals surface area contributed by atoms with Crippen LogP contribution in [-0.4, -0.2) is 24.8 Å². The third-order valence-electron chi connectivity index (χ3n) is 1.47. The Labute approximate surface area is 65.8 Å². The number of hydrogen-bond acceptors (Lipinski definition) is 3. The number of nitrogens with zero attached hydrogens (tertiary/aromatic N) is 1. The van der Waals surface area contributed by atoms with E-state index in [0.29, 0.717) is 0 Å². The lowest BCUT2D eigenvalue weighted by Crippen LogP contribution is -2.18. The van der Waals surface area contributed by atoms with Crippen LogP contribution in [0.15, 0.2) is 17.6 Å². The van der Waals surface area contributed by atoms with E-state index >= 15 is 0 Å². The second-order valence-corrected chi connectivity index (χ2v) is 2.34. The largest absolute Gasteiger partial charge is 0.460 e. The van der Waals surface area contributed by atoms with Gasteiger partial charge in [0.05, 0.1) is 0 Å². The Morgan fingerprint density at radius 3 is 3.27 bits per heavy atom. The van der Waals surface area contributed by atoms with E-state index in [-0.39, 0.29) is 18.6 Å². The fraction of sp³-hybridized carbons (Fsp3) is 0.500. The summed E-state index contributed by atoms with van der Waals surface area (Å²) in [6.07, 6.45) is 4.99. The first-order valence-electron chi connectivity index (χ1n) is 3.63. The van der Waals surface area contributed by atoms with E-state index in [9.17, 15) is 4.79 Å². The van der Waals surface area contributed by atoms with Crippen LogP contribution in [0.25, 0.3) is 0 Å². The second kappa shape index (κ2) is 3.91. The molecule has 0 aromatic carbocycles. The van der Waals surface area contributed by atoms with Crippen molar-refractivity contribution >= 4 is 12.2 Å². The van der Waals surface area contributed by atoms with Gasteiger partial charge in [-0.15, -0.1) is 0 Å². The predicted octanol–water partition coefficient (Wildman–Crippen LogP) is 0.949. The van der Waals surface area contributed by atoms with Gasteiger partial charge in [-0.25, -0.2) is 4.79 Å². The SMILES string of the molecule is C=CCOC(=O)C1CCC=N1. The summed E-state index contributed by atoms with van der Waals surface area (Å²) < 4.78 is 4.80. The molecule has 0 spiro atoms. The lowest BCUT2D eigenvalue weighted by Gasteiger charge is -2.04. The van der Waals surface area contributed by atoms with Gasteiger partial charge < -0.3 is 4.74 Å². The molecule has 1 aliphatic rings. The summed E-state index contributed by atoms with van der Waals surface area (Å²) >= 11 is 0. The molecule has 60 valence electrons. The highest BCUT2D eigenvalue weighted by Gasteiger charge is 2.20. The Hall–Kier alpha value is -1.12. The van der Waals surface area contributed by atoms with E-state index in [1.807, 2.05) is 0 Å². The lowest BCUT2D eigenvalue weighted by molar-refractivity contribution is -0.143. The van der Waals surface area contributed by atoms with Crippen LogP contribution in [-0.2, 0) is 9.53 Å². The first-order chi connectivity index (χ1) is 5.34. The van der Waals surface area contributed by atoms with Gasteiger partial charge in [0, 0.05) is 0 Å². The highest BCUT2D eigenvalue weighted by molar-refractivity contribution is 5.80. The molecular weight excluding hydrogens is 142 g/mol. The van der Waals surface area contributed by atoms with Crippen molar-refractivity contribution in [3.63, 3.8) is 0 Å². The normalized spacial score (nSPS) is 21.6. The molecule has 0 aromatic rings. The summed E-state index contributed by atoms with van der Waals surface area (Å²) in [6.45, 7) is 3.73. The van der Waals surface area contributed by atoms with Gasteiger partial charge in [0.15, 0.2) is 0 Å². The van der Waals surface area contributed by atoms with Gasteiger partial charge in [0.25, 0.3) is 0 Å². The summed E-state index contributed by atoms with van der Waals surface area (Å²) in [4.78, 5) is 15.0. The third kappa shape index (κ3) is 2.18. The molecule has 11 heavy (non-hydrogen) atoms. The molecule has 1 rings (SSSR count). The van der Waals surface area contributed by atoms with E-state index in [4.69, 9.17) is 4.74 Å². The molecule has 0 saturated carbocycles. The minimum absolute atomic E-state index is 0.237. The Balaban J connectivity index is 2.29. The molecule has 0 radical (unpaired) electrons. The van der Waals surface area contributed by atoms with Gasteiger partial charge in [-0.3, -0.25) is 4.99 Å². The molecule has 0 amide bonds. The molecule has 3 nitrogen and oxygen atoms in total.